The molecular formula is C32H32O4. The Morgan fingerprint density at radius 3 is 1.39 bits per heavy atom. The summed E-state index contributed by atoms with van der Waals surface area (Å²) in [6, 6.07) is 34.2. The van der Waals surface area contributed by atoms with Crippen molar-refractivity contribution in [2.24, 2.45) is 0 Å². The van der Waals surface area contributed by atoms with Crippen LogP contribution in [0.15, 0.2) is 97.1 Å². The minimum Gasteiger partial charge on any atom is -0.494 e. The Morgan fingerprint density at radius 1 is 0.556 bits per heavy atom. The lowest BCUT2D eigenvalue weighted by Gasteiger charge is -2.42. The molecule has 5 rings (SSSR count). The molecule has 184 valence electrons. The first-order valence-electron chi connectivity index (χ1n) is 12.6. The maximum Gasteiger partial charge on any atom is 0.119 e. The van der Waals surface area contributed by atoms with Crippen LogP contribution in [0.1, 0.15) is 46.2 Å². The molecule has 0 aromatic heterocycles. The summed E-state index contributed by atoms with van der Waals surface area (Å²) in [7, 11) is 0. The number of ether oxygens (including phenoxy) is 2. The third-order valence-electron chi connectivity index (χ3n) is 6.94. The summed E-state index contributed by atoms with van der Waals surface area (Å²) in [5.74, 6) is 1.60. The highest BCUT2D eigenvalue weighted by Gasteiger charge is 2.43. The number of rotatable bonds is 10. The summed E-state index contributed by atoms with van der Waals surface area (Å²) in [5, 5.41) is 18.2. The molecule has 0 radical (unpaired) electrons. The minimum atomic E-state index is -0.487. The molecule has 4 aromatic rings. The number of aliphatic hydroxyl groups is 2. The quantitative estimate of drug-likeness (QED) is 0.259. The van der Waals surface area contributed by atoms with Crippen LogP contribution in [0.5, 0.6) is 11.5 Å². The lowest BCUT2D eigenvalue weighted by molar-refractivity contribution is 0.233. The molecule has 1 aliphatic carbocycles. The zero-order valence-electron chi connectivity index (χ0n) is 20.4. The van der Waals surface area contributed by atoms with Crippen LogP contribution in [0.3, 0.4) is 0 Å². The van der Waals surface area contributed by atoms with Crippen molar-refractivity contribution < 1.29 is 19.7 Å². The van der Waals surface area contributed by atoms with Crippen LogP contribution in [-0.4, -0.2) is 36.6 Å². The fraction of sp³-hybridized carbons (Fsp3) is 0.250. The fourth-order valence-corrected chi connectivity index (χ4v) is 5.33. The van der Waals surface area contributed by atoms with E-state index in [1.165, 1.54) is 33.4 Å². The highest BCUT2D eigenvalue weighted by atomic mass is 16.5. The van der Waals surface area contributed by atoms with Gasteiger partial charge in [0.25, 0.3) is 0 Å². The minimum absolute atomic E-state index is 0.120. The first kappa shape index (κ1) is 24.1. The van der Waals surface area contributed by atoms with Gasteiger partial charge in [0.1, 0.15) is 11.5 Å². The number of hydrogen-bond acceptors (Lipinski definition) is 4. The van der Waals surface area contributed by atoms with E-state index in [2.05, 4.69) is 72.8 Å². The second-order valence-electron chi connectivity index (χ2n) is 9.14. The Bertz CT molecular complexity index is 1180. The lowest BCUT2D eigenvalue weighted by Crippen LogP contribution is -2.36. The average Bonchev–Trinajstić information content (AvgIpc) is 2.93. The Hall–Kier alpha value is -3.60. The molecule has 0 saturated carbocycles. The van der Waals surface area contributed by atoms with E-state index in [0.29, 0.717) is 26.1 Å². The molecule has 4 nitrogen and oxygen atoms in total. The molecule has 0 unspecified atom stereocenters. The average molecular weight is 481 g/mol. The standard InChI is InChI=1S/C32H32O4/c33-19-5-21-35-28-15-11-26(12-16-28)32(27-13-17-29(18-14-27)36-22-6-20-34)30-9-3-1-7-24(30)23-25-8-2-4-10-31(25)32/h1-4,7-18,33-34H,5-6,19-23H2. The SMILES string of the molecule is OCCCOc1ccc(C2(c3ccc(OCCCO)cc3)c3ccccc3Cc3ccccc32)cc1. The molecular weight excluding hydrogens is 448 g/mol. The molecule has 0 fully saturated rings. The van der Waals surface area contributed by atoms with Gasteiger partial charge in [0, 0.05) is 26.1 Å². The molecule has 0 bridgehead atoms. The van der Waals surface area contributed by atoms with Gasteiger partial charge in [-0.25, -0.2) is 0 Å². The van der Waals surface area contributed by atoms with Gasteiger partial charge >= 0.3 is 0 Å². The fourth-order valence-electron chi connectivity index (χ4n) is 5.33. The third-order valence-corrected chi connectivity index (χ3v) is 6.94. The number of hydrogen-bond donors (Lipinski definition) is 2. The Labute approximate surface area is 212 Å². The molecule has 36 heavy (non-hydrogen) atoms. The van der Waals surface area contributed by atoms with Crippen LogP contribution < -0.4 is 9.47 Å². The number of benzene rings is 4. The van der Waals surface area contributed by atoms with Crippen molar-refractivity contribution >= 4 is 0 Å². The molecule has 0 amide bonds. The predicted molar refractivity (Wildman–Crippen MR) is 142 cm³/mol. The van der Waals surface area contributed by atoms with Crippen LogP contribution in [0.4, 0.5) is 0 Å². The van der Waals surface area contributed by atoms with Gasteiger partial charge in [-0.3, -0.25) is 0 Å². The summed E-state index contributed by atoms with van der Waals surface area (Å²) in [5.41, 5.74) is 7.07. The van der Waals surface area contributed by atoms with E-state index in [-0.39, 0.29) is 13.2 Å². The van der Waals surface area contributed by atoms with E-state index in [9.17, 15) is 0 Å². The molecule has 1 aliphatic rings. The second-order valence-corrected chi connectivity index (χ2v) is 9.14. The van der Waals surface area contributed by atoms with Crippen molar-refractivity contribution in [1.29, 1.82) is 0 Å². The van der Waals surface area contributed by atoms with Crippen molar-refractivity contribution in [3.8, 4) is 11.5 Å². The van der Waals surface area contributed by atoms with Gasteiger partial charge in [-0.2, -0.15) is 0 Å². The first-order chi connectivity index (χ1) is 17.8. The van der Waals surface area contributed by atoms with Gasteiger partial charge in [-0.1, -0.05) is 72.8 Å². The van der Waals surface area contributed by atoms with E-state index >= 15 is 0 Å². The van der Waals surface area contributed by atoms with Gasteiger partial charge in [-0.15, -0.1) is 0 Å². The number of fused-ring (bicyclic) bond motifs is 2. The van der Waals surface area contributed by atoms with E-state index < -0.39 is 5.41 Å². The zero-order chi connectivity index (χ0) is 24.8. The van der Waals surface area contributed by atoms with Crippen LogP contribution in [0.2, 0.25) is 0 Å². The molecule has 2 N–H and O–H groups in total. The van der Waals surface area contributed by atoms with Crippen molar-refractivity contribution in [3.63, 3.8) is 0 Å². The maximum atomic E-state index is 9.08. The van der Waals surface area contributed by atoms with Gasteiger partial charge in [0.05, 0.1) is 18.6 Å². The predicted octanol–water partition coefficient (Wildman–Crippen LogP) is 5.50. The van der Waals surface area contributed by atoms with Gasteiger partial charge in [-0.05, 0) is 64.1 Å². The van der Waals surface area contributed by atoms with Crippen molar-refractivity contribution in [1.82, 2.24) is 0 Å². The normalized spacial score (nSPS) is 13.5. The highest BCUT2D eigenvalue weighted by Crippen LogP contribution is 2.51. The molecule has 0 saturated heterocycles. The summed E-state index contributed by atoms with van der Waals surface area (Å²) >= 11 is 0. The van der Waals surface area contributed by atoms with E-state index in [1.807, 2.05) is 24.3 Å². The second kappa shape index (κ2) is 11.0. The van der Waals surface area contributed by atoms with Crippen LogP contribution in [-0.2, 0) is 11.8 Å². The molecule has 4 aromatic carbocycles. The van der Waals surface area contributed by atoms with E-state index in [4.69, 9.17) is 19.7 Å². The summed E-state index contributed by atoms with van der Waals surface area (Å²) < 4.78 is 11.7. The van der Waals surface area contributed by atoms with Gasteiger partial charge in [0.2, 0.25) is 0 Å². The zero-order valence-corrected chi connectivity index (χ0v) is 20.4. The lowest BCUT2D eigenvalue weighted by atomic mass is 9.60. The van der Waals surface area contributed by atoms with Crippen molar-refractivity contribution in [2.45, 2.75) is 24.7 Å². The highest BCUT2D eigenvalue weighted by molar-refractivity contribution is 5.67. The first-order valence-corrected chi connectivity index (χ1v) is 12.6. The van der Waals surface area contributed by atoms with Crippen molar-refractivity contribution in [3.05, 3.63) is 130 Å². The molecule has 0 atom stereocenters. The Balaban J connectivity index is 1.66. The van der Waals surface area contributed by atoms with Crippen molar-refractivity contribution in [2.75, 3.05) is 26.4 Å². The largest absolute Gasteiger partial charge is 0.494 e. The molecule has 0 spiro atoms. The molecule has 4 heteroatoms. The Morgan fingerprint density at radius 2 is 0.972 bits per heavy atom. The topological polar surface area (TPSA) is 58.9 Å². The third kappa shape index (κ3) is 4.50. The van der Waals surface area contributed by atoms with Crippen LogP contribution in [0.25, 0.3) is 0 Å². The summed E-state index contributed by atoms with van der Waals surface area (Å²) in [6.45, 7) is 1.22. The van der Waals surface area contributed by atoms with Gasteiger partial charge < -0.3 is 19.7 Å². The Kier molecular flexibility index (Phi) is 7.36. The van der Waals surface area contributed by atoms with E-state index in [1.54, 1.807) is 0 Å². The molecule has 0 heterocycles. The smallest absolute Gasteiger partial charge is 0.119 e. The van der Waals surface area contributed by atoms with Crippen LogP contribution >= 0.6 is 0 Å². The monoisotopic (exact) mass is 480 g/mol. The summed E-state index contributed by atoms with van der Waals surface area (Å²) in [4.78, 5) is 0. The number of aliphatic hydroxyl groups excluding tert-OH is 2. The van der Waals surface area contributed by atoms with Gasteiger partial charge in [0.15, 0.2) is 0 Å². The summed E-state index contributed by atoms with van der Waals surface area (Å²) in [6.07, 6.45) is 2.12. The van der Waals surface area contributed by atoms with Crippen LogP contribution in [0, 0.1) is 0 Å². The maximum absolute atomic E-state index is 9.08. The van der Waals surface area contributed by atoms with E-state index in [0.717, 1.165) is 17.9 Å². The molecule has 0 aliphatic heterocycles.